The van der Waals surface area contributed by atoms with Gasteiger partial charge < -0.3 is 10.1 Å². The first-order valence-electron chi connectivity index (χ1n) is 10.6. The first kappa shape index (κ1) is 27.3. The molecule has 0 spiro atoms. The number of aryl methyl sites for hydroxylation is 2. The highest BCUT2D eigenvalue weighted by atomic mass is 35.5. The molecule has 0 fully saturated rings. The van der Waals surface area contributed by atoms with Crippen LogP contribution in [0.4, 0.5) is 5.69 Å². The lowest BCUT2D eigenvalue weighted by molar-refractivity contribution is -0.151. The third-order valence-electron chi connectivity index (χ3n) is 5.26. The summed E-state index contributed by atoms with van der Waals surface area (Å²) in [6, 6.07) is 4.18. The maximum atomic E-state index is 13.2. The summed E-state index contributed by atoms with van der Waals surface area (Å²) in [6.07, 6.45) is 0.0830. The van der Waals surface area contributed by atoms with Crippen molar-refractivity contribution in [1.29, 1.82) is 0 Å². The molecule has 0 bridgehead atoms. The second kappa shape index (κ2) is 10.7. The van der Waals surface area contributed by atoms with E-state index in [1.54, 1.807) is 26.0 Å². The third kappa shape index (κ3) is 5.59. The fourth-order valence-electron chi connectivity index (χ4n) is 3.88. The lowest BCUT2D eigenvalue weighted by atomic mass is 10.0. The fourth-order valence-corrected chi connectivity index (χ4v) is 4.89. The zero-order chi connectivity index (χ0) is 26.2. The van der Waals surface area contributed by atoms with Crippen molar-refractivity contribution in [2.45, 2.75) is 40.2 Å². The summed E-state index contributed by atoms with van der Waals surface area (Å²) in [7, 11) is 0. The average Bonchev–Trinajstić information content (AvgIpc) is 3.02. The molecule has 1 atom stereocenters. The lowest BCUT2D eigenvalue weighted by Crippen LogP contribution is -2.47. The van der Waals surface area contributed by atoms with Gasteiger partial charge in [-0.1, -0.05) is 66.3 Å². The quantitative estimate of drug-likeness (QED) is 0.191. The number of hydrogen-bond donors (Lipinski definition) is 1. The Kier molecular flexibility index (Phi) is 8.37. The van der Waals surface area contributed by atoms with Crippen molar-refractivity contribution >= 4 is 75.8 Å². The average molecular weight is 560 g/mol. The number of ether oxygens (including phenoxy) is 1. The lowest BCUT2D eigenvalue weighted by Gasteiger charge is -2.26. The van der Waals surface area contributed by atoms with Gasteiger partial charge in [0.25, 0.3) is 17.7 Å². The van der Waals surface area contributed by atoms with Crippen molar-refractivity contribution < 1.29 is 23.9 Å². The summed E-state index contributed by atoms with van der Waals surface area (Å²) in [4.78, 5) is 52.5. The number of hydrogen-bond acceptors (Lipinski definition) is 5. The van der Waals surface area contributed by atoms with Gasteiger partial charge in [0.15, 0.2) is 6.61 Å². The number of halogens is 4. The molecule has 2 aromatic carbocycles. The zero-order valence-corrected chi connectivity index (χ0v) is 22.3. The molecule has 11 heteroatoms. The Morgan fingerprint density at radius 2 is 1.37 bits per heavy atom. The van der Waals surface area contributed by atoms with Gasteiger partial charge in [0.05, 0.1) is 31.2 Å². The van der Waals surface area contributed by atoms with Crippen LogP contribution < -0.4 is 5.32 Å². The van der Waals surface area contributed by atoms with Crippen LogP contribution in [0.15, 0.2) is 18.2 Å². The molecule has 0 aromatic heterocycles. The minimum absolute atomic E-state index is 0.0830. The van der Waals surface area contributed by atoms with Crippen molar-refractivity contribution in [3.8, 4) is 0 Å². The number of carbonyl (C=O) groups excluding carboxylic acids is 4. The van der Waals surface area contributed by atoms with Crippen molar-refractivity contribution in [3.05, 3.63) is 60.5 Å². The van der Waals surface area contributed by atoms with E-state index in [1.807, 2.05) is 19.9 Å². The molecule has 1 heterocycles. The van der Waals surface area contributed by atoms with Crippen LogP contribution in [0.5, 0.6) is 0 Å². The Morgan fingerprint density at radius 3 is 1.83 bits per heavy atom. The number of nitrogens with zero attached hydrogens (tertiary/aromatic N) is 1. The van der Waals surface area contributed by atoms with Gasteiger partial charge >= 0.3 is 5.97 Å². The Morgan fingerprint density at radius 1 is 0.886 bits per heavy atom. The standard InChI is InChI=1S/C24H22Cl4N2O5/c1-10(2)5-14(24(34)35-9-15(31)29-13-7-11(3)6-12(4)8-13)30-22(32)16-17(23(30)33)19(26)21(28)20(27)18(16)25/h6-8,10,14H,5,9H2,1-4H3,(H,29,31)/t14-/m1/s1. The number of amides is 3. The number of imide groups is 1. The van der Waals surface area contributed by atoms with Crippen LogP contribution >= 0.6 is 46.4 Å². The predicted octanol–water partition coefficient (Wildman–Crippen LogP) is 6.11. The molecule has 3 rings (SSSR count). The molecule has 0 saturated carbocycles. The third-order valence-corrected chi connectivity index (χ3v) is 7.06. The molecule has 1 aliphatic rings. The molecule has 2 aromatic rings. The summed E-state index contributed by atoms with van der Waals surface area (Å²) in [6.45, 7) is 6.78. The number of fused-ring (bicyclic) bond motifs is 1. The minimum atomic E-state index is -1.32. The van der Waals surface area contributed by atoms with E-state index in [-0.39, 0.29) is 43.6 Å². The summed E-state index contributed by atoms with van der Waals surface area (Å²) in [5.41, 5.74) is 2.01. The van der Waals surface area contributed by atoms with Gasteiger partial charge in [-0.3, -0.25) is 19.3 Å². The maximum absolute atomic E-state index is 13.2. The number of benzene rings is 2. The number of rotatable bonds is 7. The SMILES string of the molecule is Cc1cc(C)cc(NC(=O)COC(=O)[C@@H](CC(C)C)N2C(=O)c3c(Cl)c(Cl)c(Cl)c(Cl)c3C2=O)c1. The first-order valence-corrected chi connectivity index (χ1v) is 12.1. The van der Waals surface area contributed by atoms with Crippen LogP contribution in [0.1, 0.15) is 52.1 Å². The van der Waals surface area contributed by atoms with Gasteiger partial charge in [-0.15, -0.1) is 0 Å². The Labute approximate surface area is 222 Å². The summed E-state index contributed by atoms with van der Waals surface area (Å²) >= 11 is 24.5. The maximum Gasteiger partial charge on any atom is 0.329 e. The van der Waals surface area contributed by atoms with Gasteiger partial charge in [0.2, 0.25) is 0 Å². The van der Waals surface area contributed by atoms with E-state index >= 15 is 0 Å². The fraction of sp³-hybridized carbons (Fsp3) is 0.333. The van der Waals surface area contributed by atoms with Crippen molar-refractivity contribution in [2.24, 2.45) is 5.92 Å². The minimum Gasteiger partial charge on any atom is -0.454 e. The molecule has 1 aliphatic heterocycles. The first-order chi connectivity index (χ1) is 16.3. The van der Waals surface area contributed by atoms with Gasteiger partial charge in [-0.2, -0.15) is 0 Å². The normalized spacial score (nSPS) is 13.8. The van der Waals surface area contributed by atoms with Crippen molar-refractivity contribution in [3.63, 3.8) is 0 Å². The molecular weight excluding hydrogens is 538 g/mol. The van der Waals surface area contributed by atoms with E-state index in [0.29, 0.717) is 5.69 Å². The Hall–Kier alpha value is -2.32. The van der Waals surface area contributed by atoms with Gasteiger partial charge in [0.1, 0.15) is 6.04 Å². The second-order valence-corrected chi connectivity index (χ2v) is 10.2. The topological polar surface area (TPSA) is 92.8 Å². The van der Waals surface area contributed by atoms with Crippen molar-refractivity contribution in [1.82, 2.24) is 4.90 Å². The molecule has 0 radical (unpaired) electrons. The smallest absolute Gasteiger partial charge is 0.329 e. The molecule has 0 aliphatic carbocycles. The second-order valence-electron chi connectivity index (χ2n) is 8.66. The van der Waals surface area contributed by atoms with E-state index in [0.717, 1.165) is 16.0 Å². The molecular formula is C24H22Cl4N2O5. The van der Waals surface area contributed by atoms with Crippen LogP contribution in [0.25, 0.3) is 0 Å². The van der Waals surface area contributed by atoms with Crippen LogP contribution in [-0.2, 0) is 14.3 Å². The number of carbonyl (C=O) groups is 4. The van der Waals surface area contributed by atoms with Crippen LogP contribution in [0, 0.1) is 19.8 Å². The zero-order valence-electron chi connectivity index (χ0n) is 19.3. The monoisotopic (exact) mass is 558 g/mol. The summed E-state index contributed by atoms with van der Waals surface area (Å²) < 4.78 is 5.20. The van der Waals surface area contributed by atoms with Crippen molar-refractivity contribution in [2.75, 3.05) is 11.9 Å². The number of nitrogens with one attached hydrogen (secondary N) is 1. The largest absolute Gasteiger partial charge is 0.454 e. The van der Waals surface area contributed by atoms with Gasteiger partial charge in [-0.25, -0.2) is 4.79 Å². The highest BCUT2D eigenvalue weighted by Crippen LogP contribution is 2.45. The molecule has 7 nitrogen and oxygen atoms in total. The van der Waals surface area contributed by atoms with E-state index in [9.17, 15) is 19.2 Å². The highest BCUT2D eigenvalue weighted by Gasteiger charge is 2.47. The highest BCUT2D eigenvalue weighted by molar-refractivity contribution is 6.55. The molecule has 1 N–H and O–H groups in total. The predicted molar refractivity (Wildman–Crippen MR) is 136 cm³/mol. The van der Waals surface area contributed by atoms with E-state index in [4.69, 9.17) is 51.1 Å². The molecule has 0 saturated heterocycles. The molecule has 35 heavy (non-hydrogen) atoms. The Balaban J connectivity index is 1.82. The van der Waals surface area contributed by atoms with Crippen LogP contribution in [-0.4, -0.2) is 41.2 Å². The number of anilines is 1. The molecule has 0 unspecified atom stereocenters. The Bertz CT molecular complexity index is 1180. The summed E-state index contributed by atoms with van der Waals surface area (Å²) in [5, 5.41) is 1.84. The van der Waals surface area contributed by atoms with Crippen LogP contribution in [0.3, 0.4) is 0 Å². The van der Waals surface area contributed by atoms with Gasteiger partial charge in [-0.05, 0) is 49.4 Å². The van der Waals surface area contributed by atoms with E-state index < -0.39 is 36.3 Å². The van der Waals surface area contributed by atoms with Gasteiger partial charge in [0, 0.05) is 5.69 Å². The number of esters is 1. The summed E-state index contributed by atoms with van der Waals surface area (Å²) in [5.74, 6) is -3.30. The van der Waals surface area contributed by atoms with E-state index in [1.165, 1.54) is 0 Å². The van der Waals surface area contributed by atoms with Crippen LogP contribution in [0.2, 0.25) is 20.1 Å². The van der Waals surface area contributed by atoms with E-state index in [2.05, 4.69) is 5.32 Å². The molecule has 3 amide bonds. The molecule has 186 valence electrons.